The van der Waals surface area contributed by atoms with Crippen LogP contribution < -0.4 is 10.1 Å². The fourth-order valence-corrected chi connectivity index (χ4v) is 1.78. The second-order valence-electron chi connectivity index (χ2n) is 5.10. The first-order valence-corrected chi connectivity index (χ1v) is 7.25. The average molecular weight is 279 g/mol. The number of aliphatic hydroxyl groups is 1. The van der Waals surface area contributed by atoms with Crippen molar-refractivity contribution >= 4 is 5.91 Å². The number of rotatable bonds is 8. The molecule has 112 valence electrons. The van der Waals surface area contributed by atoms with Crippen molar-refractivity contribution in [3.8, 4) is 5.75 Å². The van der Waals surface area contributed by atoms with Crippen LogP contribution in [0.4, 0.5) is 0 Å². The predicted octanol–water partition coefficient (Wildman–Crippen LogP) is 2.75. The van der Waals surface area contributed by atoms with Crippen molar-refractivity contribution in [3.63, 3.8) is 0 Å². The Morgan fingerprint density at radius 3 is 2.50 bits per heavy atom. The number of nitrogens with one attached hydrogen (secondary N) is 1. The summed E-state index contributed by atoms with van der Waals surface area (Å²) in [6.07, 6.45) is 2.60. The third-order valence-corrected chi connectivity index (χ3v) is 3.20. The van der Waals surface area contributed by atoms with Gasteiger partial charge in [-0.05, 0) is 57.4 Å². The van der Waals surface area contributed by atoms with Crippen molar-refractivity contribution in [1.82, 2.24) is 5.32 Å². The molecule has 4 nitrogen and oxygen atoms in total. The highest BCUT2D eigenvalue weighted by molar-refractivity contribution is 5.94. The predicted molar refractivity (Wildman–Crippen MR) is 80.1 cm³/mol. The zero-order valence-electron chi connectivity index (χ0n) is 12.6. The molecule has 0 fully saturated rings. The SMILES string of the molecule is CCC(C)Oc1ccc(C(=O)NC(C)CCCO)cc1. The molecule has 1 aromatic carbocycles. The highest BCUT2D eigenvalue weighted by Gasteiger charge is 2.10. The van der Waals surface area contributed by atoms with Gasteiger partial charge in [0.1, 0.15) is 5.75 Å². The minimum Gasteiger partial charge on any atom is -0.491 e. The molecule has 0 heterocycles. The summed E-state index contributed by atoms with van der Waals surface area (Å²) < 4.78 is 5.67. The number of carbonyl (C=O) groups is 1. The fourth-order valence-electron chi connectivity index (χ4n) is 1.78. The molecule has 0 spiro atoms. The second-order valence-corrected chi connectivity index (χ2v) is 5.10. The number of ether oxygens (including phenoxy) is 1. The lowest BCUT2D eigenvalue weighted by atomic mass is 10.1. The van der Waals surface area contributed by atoms with Gasteiger partial charge in [0.05, 0.1) is 6.10 Å². The summed E-state index contributed by atoms with van der Waals surface area (Å²) >= 11 is 0. The maximum Gasteiger partial charge on any atom is 0.251 e. The van der Waals surface area contributed by atoms with Crippen LogP contribution >= 0.6 is 0 Å². The van der Waals surface area contributed by atoms with Crippen molar-refractivity contribution in [2.75, 3.05) is 6.61 Å². The van der Waals surface area contributed by atoms with Crippen LogP contribution in [0.1, 0.15) is 50.4 Å². The largest absolute Gasteiger partial charge is 0.491 e. The molecule has 0 saturated carbocycles. The summed E-state index contributed by atoms with van der Waals surface area (Å²) in [5.41, 5.74) is 0.623. The average Bonchev–Trinajstić information content (AvgIpc) is 2.45. The number of amides is 1. The van der Waals surface area contributed by atoms with E-state index in [1.165, 1.54) is 0 Å². The molecule has 20 heavy (non-hydrogen) atoms. The van der Waals surface area contributed by atoms with E-state index in [9.17, 15) is 4.79 Å². The Balaban J connectivity index is 2.52. The number of aliphatic hydroxyl groups excluding tert-OH is 1. The van der Waals surface area contributed by atoms with Gasteiger partial charge in [0, 0.05) is 18.2 Å². The van der Waals surface area contributed by atoms with Gasteiger partial charge in [-0.15, -0.1) is 0 Å². The fraction of sp³-hybridized carbons (Fsp3) is 0.562. The van der Waals surface area contributed by atoms with E-state index >= 15 is 0 Å². The molecular weight excluding hydrogens is 254 g/mol. The van der Waals surface area contributed by atoms with Crippen molar-refractivity contribution in [1.29, 1.82) is 0 Å². The standard InChI is InChI=1S/C16H25NO3/c1-4-13(3)20-15-9-7-14(8-10-15)16(19)17-12(2)6-5-11-18/h7-10,12-13,18H,4-6,11H2,1-3H3,(H,17,19). The van der Waals surface area contributed by atoms with Crippen LogP contribution in [0.15, 0.2) is 24.3 Å². The molecule has 1 rings (SSSR count). The number of hydrogen-bond donors (Lipinski definition) is 2. The van der Waals surface area contributed by atoms with Gasteiger partial charge in [0.2, 0.25) is 0 Å². The number of benzene rings is 1. The smallest absolute Gasteiger partial charge is 0.251 e. The van der Waals surface area contributed by atoms with E-state index in [2.05, 4.69) is 12.2 Å². The third kappa shape index (κ3) is 5.61. The summed E-state index contributed by atoms with van der Waals surface area (Å²) in [6, 6.07) is 7.24. The molecule has 0 aliphatic carbocycles. The molecule has 4 heteroatoms. The van der Waals surface area contributed by atoms with Crippen LogP contribution in [0.3, 0.4) is 0 Å². The molecule has 2 unspecified atom stereocenters. The Kier molecular flexibility index (Phi) is 7.09. The van der Waals surface area contributed by atoms with Gasteiger partial charge >= 0.3 is 0 Å². The Hall–Kier alpha value is -1.55. The van der Waals surface area contributed by atoms with Gasteiger partial charge < -0.3 is 15.2 Å². The molecule has 0 aliphatic rings. The van der Waals surface area contributed by atoms with Crippen LogP contribution in [-0.4, -0.2) is 29.8 Å². The number of carbonyl (C=O) groups excluding carboxylic acids is 1. The van der Waals surface area contributed by atoms with E-state index in [-0.39, 0.29) is 24.7 Å². The van der Waals surface area contributed by atoms with Gasteiger partial charge in [-0.1, -0.05) is 6.92 Å². The molecule has 0 bridgehead atoms. The lowest BCUT2D eigenvalue weighted by molar-refractivity contribution is 0.0936. The van der Waals surface area contributed by atoms with Crippen molar-refractivity contribution in [2.45, 2.75) is 52.2 Å². The first-order chi connectivity index (χ1) is 9.56. The maximum absolute atomic E-state index is 12.0. The van der Waals surface area contributed by atoms with Gasteiger partial charge in [0.25, 0.3) is 5.91 Å². The topological polar surface area (TPSA) is 58.6 Å². The quantitative estimate of drug-likeness (QED) is 0.769. The van der Waals surface area contributed by atoms with Crippen LogP contribution in [0.5, 0.6) is 5.75 Å². The van der Waals surface area contributed by atoms with Crippen molar-refractivity contribution in [3.05, 3.63) is 29.8 Å². The summed E-state index contributed by atoms with van der Waals surface area (Å²) in [6.45, 7) is 6.18. The second kappa shape index (κ2) is 8.59. The molecule has 2 atom stereocenters. The highest BCUT2D eigenvalue weighted by Crippen LogP contribution is 2.15. The summed E-state index contributed by atoms with van der Waals surface area (Å²) in [5.74, 6) is 0.690. The minimum absolute atomic E-state index is 0.0608. The molecule has 0 aliphatic heterocycles. The minimum atomic E-state index is -0.0921. The van der Waals surface area contributed by atoms with E-state index in [4.69, 9.17) is 9.84 Å². The summed E-state index contributed by atoms with van der Waals surface area (Å²) in [5, 5.41) is 11.7. The number of hydrogen-bond acceptors (Lipinski definition) is 3. The molecule has 1 aromatic rings. The molecule has 1 amide bonds. The zero-order valence-corrected chi connectivity index (χ0v) is 12.6. The first kappa shape index (κ1) is 16.5. The molecular formula is C16H25NO3. The monoisotopic (exact) mass is 279 g/mol. The van der Waals surface area contributed by atoms with Crippen LogP contribution in [-0.2, 0) is 0 Å². The van der Waals surface area contributed by atoms with E-state index in [0.29, 0.717) is 12.0 Å². The Morgan fingerprint density at radius 2 is 1.95 bits per heavy atom. The zero-order chi connectivity index (χ0) is 15.0. The van der Waals surface area contributed by atoms with Gasteiger partial charge in [-0.3, -0.25) is 4.79 Å². The van der Waals surface area contributed by atoms with E-state index in [1.54, 1.807) is 12.1 Å². The maximum atomic E-state index is 12.0. The van der Waals surface area contributed by atoms with E-state index < -0.39 is 0 Å². The molecule has 0 radical (unpaired) electrons. The molecule has 0 saturated heterocycles. The lowest BCUT2D eigenvalue weighted by Crippen LogP contribution is -2.32. The normalized spacial score (nSPS) is 13.6. The van der Waals surface area contributed by atoms with Gasteiger partial charge in [-0.2, -0.15) is 0 Å². The van der Waals surface area contributed by atoms with Crippen molar-refractivity contribution in [2.24, 2.45) is 0 Å². The third-order valence-electron chi connectivity index (χ3n) is 3.20. The van der Waals surface area contributed by atoms with E-state index in [0.717, 1.165) is 18.6 Å². The lowest BCUT2D eigenvalue weighted by Gasteiger charge is -2.14. The summed E-state index contributed by atoms with van der Waals surface area (Å²) in [4.78, 5) is 12.0. The highest BCUT2D eigenvalue weighted by atomic mass is 16.5. The Bertz CT molecular complexity index is 403. The summed E-state index contributed by atoms with van der Waals surface area (Å²) in [7, 11) is 0. The van der Waals surface area contributed by atoms with Crippen molar-refractivity contribution < 1.29 is 14.6 Å². The molecule has 2 N–H and O–H groups in total. The Labute approximate surface area is 121 Å². The Morgan fingerprint density at radius 1 is 1.30 bits per heavy atom. The van der Waals surface area contributed by atoms with Gasteiger partial charge in [0.15, 0.2) is 0 Å². The van der Waals surface area contributed by atoms with Crippen LogP contribution in [0.25, 0.3) is 0 Å². The van der Waals surface area contributed by atoms with Crippen LogP contribution in [0, 0.1) is 0 Å². The van der Waals surface area contributed by atoms with Crippen LogP contribution in [0.2, 0.25) is 0 Å². The first-order valence-electron chi connectivity index (χ1n) is 7.25. The van der Waals surface area contributed by atoms with Gasteiger partial charge in [-0.25, -0.2) is 0 Å². The van der Waals surface area contributed by atoms with E-state index in [1.807, 2.05) is 26.0 Å². The molecule has 0 aromatic heterocycles.